The molecule has 3 aromatic rings. The van der Waals surface area contributed by atoms with Crippen molar-refractivity contribution in [3.05, 3.63) is 23.3 Å². The number of aryl methyl sites for hydroxylation is 2. The van der Waals surface area contributed by atoms with Gasteiger partial charge in [-0.2, -0.15) is 0 Å². The average Bonchev–Trinajstić information content (AvgIpc) is 3.00. The van der Waals surface area contributed by atoms with E-state index < -0.39 is 0 Å². The molecule has 0 saturated carbocycles. The largest absolute Gasteiger partial charge is 0.372 e. The van der Waals surface area contributed by atoms with Crippen molar-refractivity contribution in [3.63, 3.8) is 0 Å². The lowest BCUT2D eigenvalue weighted by Gasteiger charge is -2.02. The maximum atomic E-state index is 12.3. The van der Waals surface area contributed by atoms with Gasteiger partial charge in [0.2, 0.25) is 0 Å². The molecule has 1 aliphatic rings. The van der Waals surface area contributed by atoms with Crippen LogP contribution in [-0.2, 0) is 6.42 Å². The van der Waals surface area contributed by atoms with Gasteiger partial charge in [-0.05, 0) is 13.3 Å². The van der Waals surface area contributed by atoms with Crippen LogP contribution in [0.3, 0.4) is 0 Å². The second-order valence-electron chi connectivity index (χ2n) is 5.06. The maximum Gasteiger partial charge on any atom is 0.169 e. The number of hydrogen-bond acceptors (Lipinski definition) is 6. The molecule has 106 valence electrons. The summed E-state index contributed by atoms with van der Waals surface area (Å²) in [7, 11) is 1.80. The molecule has 0 bridgehead atoms. The van der Waals surface area contributed by atoms with Crippen LogP contribution in [0.1, 0.15) is 28.2 Å². The van der Waals surface area contributed by atoms with Crippen molar-refractivity contribution >= 4 is 22.6 Å². The number of nitrogens with one attached hydrogen (secondary N) is 2. The number of anilines is 1. The van der Waals surface area contributed by atoms with Crippen molar-refractivity contribution in [2.75, 3.05) is 12.4 Å². The van der Waals surface area contributed by atoms with Gasteiger partial charge in [0.15, 0.2) is 5.78 Å². The second-order valence-corrected chi connectivity index (χ2v) is 5.06. The van der Waals surface area contributed by atoms with Gasteiger partial charge in [-0.25, -0.2) is 9.97 Å². The van der Waals surface area contributed by atoms with Gasteiger partial charge in [0.05, 0.1) is 10.9 Å². The lowest BCUT2D eigenvalue weighted by Crippen LogP contribution is -2.00. The molecule has 7 heteroatoms. The first-order valence-corrected chi connectivity index (χ1v) is 6.74. The zero-order valence-electron chi connectivity index (χ0n) is 11.6. The highest BCUT2D eigenvalue weighted by molar-refractivity contribution is 6.10. The summed E-state index contributed by atoms with van der Waals surface area (Å²) in [6, 6.07) is 0. The number of rotatable bonds is 1. The predicted molar refractivity (Wildman–Crippen MR) is 76.3 cm³/mol. The third-order valence-electron chi connectivity index (χ3n) is 3.89. The van der Waals surface area contributed by atoms with Crippen molar-refractivity contribution in [1.29, 1.82) is 0 Å². The van der Waals surface area contributed by atoms with Crippen molar-refractivity contribution in [1.82, 2.24) is 20.1 Å². The zero-order valence-corrected chi connectivity index (χ0v) is 11.6. The molecular weight excluding hydrogens is 270 g/mol. The first kappa shape index (κ1) is 12.1. The highest BCUT2D eigenvalue weighted by Crippen LogP contribution is 2.39. The molecule has 0 unspecified atom stereocenters. The minimum atomic E-state index is 0.0596. The van der Waals surface area contributed by atoms with E-state index in [0.29, 0.717) is 35.7 Å². The van der Waals surface area contributed by atoms with Gasteiger partial charge in [0, 0.05) is 24.7 Å². The highest BCUT2D eigenvalue weighted by Gasteiger charge is 2.30. The second kappa shape index (κ2) is 4.15. The molecule has 21 heavy (non-hydrogen) atoms. The number of Topliss-reactive ketones (excluding diaryl/α,β-unsaturated/α-hetero) is 1. The third kappa shape index (κ3) is 1.54. The van der Waals surface area contributed by atoms with E-state index in [2.05, 4.69) is 25.4 Å². The van der Waals surface area contributed by atoms with Gasteiger partial charge in [0.1, 0.15) is 29.2 Å². The van der Waals surface area contributed by atoms with Crippen LogP contribution in [0.2, 0.25) is 0 Å². The molecule has 3 heterocycles. The molecule has 2 N–H and O–H groups in total. The number of fused-ring (bicyclic) bond motifs is 5. The summed E-state index contributed by atoms with van der Waals surface area (Å²) in [6.07, 6.45) is 2.56. The van der Waals surface area contributed by atoms with Gasteiger partial charge in [-0.1, -0.05) is 5.16 Å². The molecule has 0 aromatic carbocycles. The summed E-state index contributed by atoms with van der Waals surface area (Å²) in [5.74, 6) is 1.32. The van der Waals surface area contributed by atoms with Crippen LogP contribution in [0.5, 0.6) is 0 Å². The molecule has 0 spiro atoms. The van der Waals surface area contributed by atoms with Crippen LogP contribution in [0, 0.1) is 6.92 Å². The van der Waals surface area contributed by atoms with Gasteiger partial charge in [-0.3, -0.25) is 4.79 Å². The van der Waals surface area contributed by atoms with E-state index in [1.807, 2.05) is 0 Å². The Morgan fingerprint density at radius 3 is 2.95 bits per heavy atom. The molecule has 4 rings (SSSR count). The fraction of sp³-hybridized carbons (Fsp3) is 0.286. The van der Waals surface area contributed by atoms with E-state index in [1.54, 1.807) is 14.0 Å². The van der Waals surface area contributed by atoms with Crippen LogP contribution in [0.15, 0.2) is 10.9 Å². The molecule has 0 fully saturated rings. The Hall–Kier alpha value is -2.70. The normalized spacial score (nSPS) is 13.9. The number of carbonyl (C=O) groups excluding carboxylic acids is 1. The predicted octanol–water partition coefficient (Wildman–Crippen LogP) is 2.09. The summed E-state index contributed by atoms with van der Waals surface area (Å²) in [5.41, 5.74) is 3.71. The quantitative estimate of drug-likeness (QED) is 0.709. The summed E-state index contributed by atoms with van der Waals surface area (Å²) < 4.78 is 5.25. The number of nitrogens with zero attached hydrogens (tertiary/aromatic N) is 3. The molecule has 1 aliphatic carbocycles. The number of aromatic amines is 1. The number of hydrogen-bond donors (Lipinski definition) is 2. The molecule has 7 nitrogen and oxygen atoms in total. The fourth-order valence-corrected chi connectivity index (χ4v) is 2.95. The van der Waals surface area contributed by atoms with Gasteiger partial charge >= 0.3 is 0 Å². The van der Waals surface area contributed by atoms with Crippen molar-refractivity contribution in [2.24, 2.45) is 0 Å². The van der Waals surface area contributed by atoms with Gasteiger partial charge in [0.25, 0.3) is 0 Å². The summed E-state index contributed by atoms with van der Waals surface area (Å²) in [4.78, 5) is 24.1. The van der Waals surface area contributed by atoms with E-state index in [-0.39, 0.29) is 5.78 Å². The van der Waals surface area contributed by atoms with Crippen LogP contribution in [-0.4, -0.2) is 32.9 Å². The summed E-state index contributed by atoms with van der Waals surface area (Å²) >= 11 is 0. The molecule has 0 saturated heterocycles. The highest BCUT2D eigenvalue weighted by atomic mass is 16.5. The molecular formula is C14H13N5O2. The van der Waals surface area contributed by atoms with Crippen molar-refractivity contribution in [2.45, 2.75) is 19.8 Å². The van der Waals surface area contributed by atoms with Crippen LogP contribution in [0.4, 0.5) is 5.82 Å². The topological polar surface area (TPSA) is 96.7 Å². The summed E-state index contributed by atoms with van der Waals surface area (Å²) in [6.45, 7) is 1.76. The fourth-order valence-electron chi connectivity index (χ4n) is 2.95. The molecule has 3 aromatic heterocycles. The first-order valence-electron chi connectivity index (χ1n) is 6.74. The van der Waals surface area contributed by atoms with Gasteiger partial charge in [-0.15, -0.1) is 0 Å². The molecule has 0 atom stereocenters. The maximum absolute atomic E-state index is 12.3. The minimum Gasteiger partial charge on any atom is -0.372 e. The Labute approximate surface area is 119 Å². The van der Waals surface area contributed by atoms with E-state index in [1.165, 1.54) is 6.33 Å². The standard InChI is InChI=1S/C14H13N5O2/c1-6-9-8(20)4-3-7-10(12(9)19-21-6)11-13(15-2)16-5-17-14(11)18-7/h5H,3-4H2,1-2H3,(H2,15,16,17,18). The molecule has 0 radical (unpaired) electrons. The minimum absolute atomic E-state index is 0.0596. The molecule has 0 aliphatic heterocycles. The van der Waals surface area contributed by atoms with Crippen LogP contribution >= 0.6 is 0 Å². The Bertz CT molecular complexity index is 877. The van der Waals surface area contributed by atoms with Crippen LogP contribution < -0.4 is 5.32 Å². The summed E-state index contributed by atoms with van der Waals surface area (Å²) in [5, 5.41) is 8.01. The van der Waals surface area contributed by atoms with Gasteiger partial charge < -0.3 is 14.8 Å². The molecule has 0 amide bonds. The monoisotopic (exact) mass is 283 g/mol. The Morgan fingerprint density at radius 1 is 1.29 bits per heavy atom. The average molecular weight is 283 g/mol. The Morgan fingerprint density at radius 2 is 2.14 bits per heavy atom. The Kier molecular flexibility index (Phi) is 2.38. The Balaban J connectivity index is 2.15. The number of aromatic nitrogens is 4. The van der Waals surface area contributed by atoms with Crippen LogP contribution in [0.25, 0.3) is 22.3 Å². The van der Waals surface area contributed by atoms with Crippen molar-refractivity contribution < 1.29 is 9.32 Å². The number of H-pyrrole nitrogens is 1. The lowest BCUT2D eigenvalue weighted by atomic mass is 10.0. The third-order valence-corrected chi connectivity index (χ3v) is 3.89. The SMILES string of the molecule is CNc1ncnc2[nH]c3c(c12)-c1noc(C)c1C(=O)CC3. The van der Waals surface area contributed by atoms with Crippen molar-refractivity contribution in [3.8, 4) is 11.3 Å². The van der Waals surface area contributed by atoms with E-state index in [9.17, 15) is 4.79 Å². The van der Waals surface area contributed by atoms with E-state index >= 15 is 0 Å². The smallest absolute Gasteiger partial charge is 0.169 e. The zero-order chi connectivity index (χ0) is 14.6. The lowest BCUT2D eigenvalue weighted by molar-refractivity contribution is 0.0982. The van der Waals surface area contributed by atoms with E-state index in [0.717, 1.165) is 22.3 Å². The number of carbonyl (C=O) groups is 1. The van der Waals surface area contributed by atoms with E-state index in [4.69, 9.17) is 4.52 Å². The number of ketones is 1. The first-order chi connectivity index (χ1) is 10.2.